The van der Waals surface area contributed by atoms with Gasteiger partial charge in [-0.25, -0.2) is 4.98 Å². The lowest BCUT2D eigenvalue weighted by Gasteiger charge is -2.10. The van der Waals surface area contributed by atoms with Crippen LogP contribution in [0, 0.1) is 5.92 Å². The summed E-state index contributed by atoms with van der Waals surface area (Å²) >= 11 is 1.69. The maximum absolute atomic E-state index is 4.29. The van der Waals surface area contributed by atoms with E-state index in [1.807, 2.05) is 5.51 Å². The van der Waals surface area contributed by atoms with Gasteiger partial charge in [0.25, 0.3) is 0 Å². The van der Waals surface area contributed by atoms with Gasteiger partial charge in [-0.15, -0.1) is 11.3 Å². The van der Waals surface area contributed by atoms with Crippen molar-refractivity contribution in [3.63, 3.8) is 0 Å². The van der Waals surface area contributed by atoms with E-state index < -0.39 is 0 Å². The van der Waals surface area contributed by atoms with Crippen molar-refractivity contribution in [2.45, 2.75) is 32.2 Å². The predicted molar refractivity (Wildman–Crippen MR) is 56.0 cm³/mol. The highest BCUT2D eigenvalue weighted by molar-refractivity contribution is 7.07. The molecular weight excluding hydrogens is 180 g/mol. The summed E-state index contributed by atoms with van der Waals surface area (Å²) in [5.41, 5.74) is 3.16. The lowest BCUT2D eigenvalue weighted by atomic mass is 10.1. The fraction of sp³-hybridized carbons (Fsp3) is 0.700. The Kier molecular flexibility index (Phi) is 2.96. The van der Waals surface area contributed by atoms with E-state index in [0.717, 1.165) is 19.0 Å². The van der Waals surface area contributed by atoms with Crippen LogP contribution in [0.2, 0.25) is 0 Å². The molecule has 0 aromatic carbocycles. The second kappa shape index (κ2) is 4.20. The Labute approximate surface area is 83.4 Å². The third-order valence-electron chi connectivity index (χ3n) is 2.37. The SMILES string of the molecule is CC(CNC1CC1)Cc1cscn1. The Bertz CT molecular complexity index is 241. The van der Waals surface area contributed by atoms with E-state index in [1.165, 1.54) is 18.5 Å². The molecule has 1 aliphatic carbocycles. The number of hydrogen-bond acceptors (Lipinski definition) is 3. The number of nitrogens with zero attached hydrogens (tertiary/aromatic N) is 1. The van der Waals surface area contributed by atoms with Crippen LogP contribution in [-0.4, -0.2) is 17.6 Å². The molecule has 0 saturated heterocycles. The zero-order valence-corrected chi connectivity index (χ0v) is 8.81. The van der Waals surface area contributed by atoms with Crippen molar-refractivity contribution in [2.75, 3.05) is 6.54 Å². The summed E-state index contributed by atoms with van der Waals surface area (Å²) in [5, 5.41) is 5.69. The van der Waals surface area contributed by atoms with Gasteiger partial charge in [-0.1, -0.05) is 6.92 Å². The first kappa shape index (κ1) is 9.16. The van der Waals surface area contributed by atoms with Crippen molar-refractivity contribution in [3.05, 3.63) is 16.6 Å². The summed E-state index contributed by atoms with van der Waals surface area (Å²) in [6, 6.07) is 0.831. The van der Waals surface area contributed by atoms with Gasteiger partial charge in [0, 0.05) is 11.4 Å². The van der Waals surface area contributed by atoms with Crippen LogP contribution in [-0.2, 0) is 6.42 Å². The van der Waals surface area contributed by atoms with E-state index in [4.69, 9.17) is 0 Å². The number of hydrogen-bond donors (Lipinski definition) is 1. The van der Waals surface area contributed by atoms with Gasteiger partial charge in [-0.3, -0.25) is 0 Å². The molecule has 2 rings (SSSR count). The van der Waals surface area contributed by atoms with Gasteiger partial charge in [0.2, 0.25) is 0 Å². The summed E-state index contributed by atoms with van der Waals surface area (Å²) in [5.74, 6) is 0.711. The van der Waals surface area contributed by atoms with Crippen LogP contribution in [0.5, 0.6) is 0 Å². The molecule has 0 radical (unpaired) electrons. The molecule has 0 amide bonds. The van der Waals surface area contributed by atoms with Crippen LogP contribution in [0.1, 0.15) is 25.5 Å². The molecule has 3 heteroatoms. The summed E-state index contributed by atoms with van der Waals surface area (Å²) in [6.45, 7) is 3.43. The first-order valence-electron chi connectivity index (χ1n) is 4.95. The summed E-state index contributed by atoms with van der Waals surface area (Å²) in [7, 11) is 0. The van der Waals surface area contributed by atoms with Gasteiger partial charge < -0.3 is 5.32 Å². The van der Waals surface area contributed by atoms with Crippen molar-refractivity contribution in [1.82, 2.24) is 10.3 Å². The highest BCUT2D eigenvalue weighted by Gasteiger charge is 2.20. The molecule has 1 aliphatic rings. The summed E-state index contributed by atoms with van der Waals surface area (Å²) in [4.78, 5) is 4.29. The van der Waals surface area contributed by atoms with E-state index in [2.05, 4.69) is 22.6 Å². The smallest absolute Gasteiger partial charge is 0.0794 e. The van der Waals surface area contributed by atoms with Crippen LogP contribution >= 0.6 is 11.3 Å². The van der Waals surface area contributed by atoms with Crippen LogP contribution in [0.15, 0.2) is 10.9 Å². The van der Waals surface area contributed by atoms with Gasteiger partial charge >= 0.3 is 0 Å². The van der Waals surface area contributed by atoms with Crippen LogP contribution < -0.4 is 5.32 Å². The molecule has 1 fully saturated rings. The lowest BCUT2D eigenvalue weighted by Crippen LogP contribution is -2.24. The van der Waals surface area contributed by atoms with E-state index in [9.17, 15) is 0 Å². The Morgan fingerprint density at radius 2 is 2.54 bits per heavy atom. The molecule has 1 unspecified atom stereocenters. The number of thiazole rings is 1. The third-order valence-corrected chi connectivity index (χ3v) is 3.01. The summed E-state index contributed by atoms with van der Waals surface area (Å²) < 4.78 is 0. The second-order valence-electron chi connectivity index (χ2n) is 3.97. The average Bonchev–Trinajstić information content (AvgIpc) is 2.82. The molecule has 0 spiro atoms. The molecule has 1 saturated carbocycles. The van der Waals surface area contributed by atoms with Gasteiger partial charge in [-0.05, 0) is 31.7 Å². The Morgan fingerprint density at radius 1 is 1.69 bits per heavy atom. The molecule has 1 atom stereocenters. The molecule has 72 valence electrons. The standard InChI is InChI=1S/C10H16N2S/c1-8(5-11-9-2-3-9)4-10-6-13-7-12-10/h6-9,11H,2-5H2,1H3. The molecule has 1 aromatic rings. The molecule has 0 aliphatic heterocycles. The van der Waals surface area contributed by atoms with E-state index >= 15 is 0 Å². The lowest BCUT2D eigenvalue weighted by molar-refractivity contribution is 0.505. The van der Waals surface area contributed by atoms with Crippen molar-refractivity contribution < 1.29 is 0 Å². The van der Waals surface area contributed by atoms with Crippen molar-refractivity contribution in [2.24, 2.45) is 5.92 Å². The fourth-order valence-corrected chi connectivity index (χ4v) is 1.99. The third kappa shape index (κ3) is 3.08. The minimum absolute atomic E-state index is 0.711. The van der Waals surface area contributed by atoms with Gasteiger partial charge in [0.1, 0.15) is 0 Å². The van der Waals surface area contributed by atoms with Crippen LogP contribution in [0.4, 0.5) is 0 Å². The molecule has 1 heterocycles. The minimum Gasteiger partial charge on any atom is -0.314 e. The highest BCUT2D eigenvalue weighted by Crippen LogP contribution is 2.19. The quantitative estimate of drug-likeness (QED) is 0.780. The first-order chi connectivity index (χ1) is 6.34. The van der Waals surface area contributed by atoms with E-state index in [1.54, 1.807) is 11.3 Å². The normalized spacial score (nSPS) is 18.8. The Balaban J connectivity index is 1.68. The topological polar surface area (TPSA) is 24.9 Å². The average molecular weight is 196 g/mol. The largest absolute Gasteiger partial charge is 0.314 e. The van der Waals surface area contributed by atoms with Crippen molar-refractivity contribution >= 4 is 11.3 Å². The monoisotopic (exact) mass is 196 g/mol. The van der Waals surface area contributed by atoms with Gasteiger partial charge in [0.05, 0.1) is 11.2 Å². The van der Waals surface area contributed by atoms with Crippen LogP contribution in [0.3, 0.4) is 0 Å². The zero-order valence-electron chi connectivity index (χ0n) is 7.99. The fourth-order valence-electron chi connectivity index (χ4n) is 1.42. The molecule has 0 bridgehead atoms. The van der Waals surface area contributed by atoms with Gasteiger partial charge in [-0.2, -0.15) is 0 Å². The van der Waals surface area contributed by atoms with Gasteiger partial charge in [0.15, 0.2) is 0 Å². The van der Waals surface area contributed by atoms with E-state index in [0.29, 0.717) is 5.92 Å². The molecule has 13 heavy (non-hydrogen) atoms. The number of rotatable bonds is 5. The molecule has 1 N–H and O–H groups in total. The Hall–Kier alpha value is -0.410. The Morgan fingerprint density at radius 3 is 3.15 bits per heavy atom. The molecular formula is C10H16N2S. The predicted octanol–water partition coefficient (Wildman–Crippen LogP) is 2.07. The minimum atomic E-state index is 0.711. The number of nitrogens with one attached hydrogen (secondary N) is 1. The highest BCUT2D eigenvalue weighted by atomic mass is 32.1. The maximum Gasteiger partial charge on any atom is 0.0794 e. The number of aromatic nitrogens is 1. The first-order valence-corrected chi connectivity index (χ1v) is 5.89. The summed E-state index contributed by atoms with van der Waals surface area (Å²) in [6.07, 6.45) is 3.87. The van der Waals surface area contributed by atoms with Crippen molar-refractivity contribution in [1.29, 1.82) is 0 Å². The van der Waals surface area contributed by atoms with Crippen molar-refractivity contribution in [3.8, 4) is 0 Å². The maximum atomic E-state index is 4.29. The molecule has 2 nitrogen and oxygen atoms in total. The van der Waals surface area contributed by atoms with Crippen LogP contribution in [0.25, 0.3) is 0 Å². The second-order valence-corrected chi connectivity index (χ2v) is 4.69. The zero-order chi connectivity index (χ0) is 9.10. The van der Waals surface area contributed by atoms with E-state index in [-0.39, 0.29) is 0 Å². The molecule has 1 aromatic heterocycles.